The number of carbonyl (C=O) groups excluding carboxylic acids is 1. The summed E-state index contributed by atoms with van der Waals surface area (Å²) in [5.41, 5.74) is -0.625. The largest absolute Gasteiger partial charge is 0.491 e. The van der Waals surface area contributed by atoms with Gasteiger partial charge in [-0.3, -0.25) is 4.79 Å². The van der Waals surface area contributed by atoms with Crippen molar-refractivity contribution in [1.29, 1.82) is 0 Å². The highest BCUT2D eigenvalue weighted by atomic mass is 19.4. The first-order valence-electron chi connectivity index (χ1n) is 8.57. The zero-order chi connectivity index (χ0) is 19.5. The number of hydrogen-bond acceptors (Lipinski definition) is 3. The second-order valence-corrected chi connectivity index (χ2v) is 6.45. The van der Waals surface area contributed by atoms with Gasteiger partial charge in [0.25, 0.3) is 0 Å². The van der Waals surface area contributed by atoms with Gasteiger partial charge in [-0.2, -0.15) is 13.2 Å². The number of carbonyl (C=O) groups is 1. The number of rotatable bonds is 7. The van der Waals surface area contributed by atoms with Crippen molar-refractivity contribution >= 4 is 11.6 Å². The minimum Gasteiger partial charge on any atom is -0.491 e. The molecule has 144 valence electrons. The lowest BCUT2D eigenvalue weighted by Gasteiger charge is -2.18. The van der Waals surface area contributed by atoms with E-state index in [1.807, 2.05) is 30.3 Å². The van der Waals surface area contributed by atoms with Crippen molar-refractivity contribution in [3.8, 4) is 5.75 Å². The van der Waals surface area contributed by atoms with Gasteiger partial charge >= 0.3 is 6.18 Å². The SMILES string of the molecule is COCCOc1ccc(NC(=O)C2(c3ccccc3)CC2)cc1C(F)(F)F. The predicted octanol–water partition coefficient (Wildman–Crippen LogP) is 4.40. The first-order valence-corrected chi connectivity index (χ1v) is 8.57. The van der Waals surface area contributed by atoms with Crippen LogP contribution in [0.3, 0.4) is 0 Å². The standard InChI is InChI=1S/C20H20F3NO3/c1-26-11-12-27-17-8-7-15(13-16(17)20(21,22)23)24-18(25)19(9-10-19)14-5-3-2-4-6-14/h2-8,13H,9-12H2,1H3,(H,24,25). The first kappa shape index (κ1) is 19.2. The zero-order valence-corrected chi connectivity index (χ0v) is 14.8. The molecule has 3 rings (SSSR count). The molecular formula is C20H20F3NO3. The topological polar surface area (TPSA) is 47.6 Å². The molecule has 0 radical (unpaired) electrons. The fourth-order valence-electron chi connectivity index (χ4n) is 2.97. The summed E-state index contributed by atoms with van der Waals surface area (Å²) in [6.45, 7) is 0.178. The van der Waals surface area contributed by atoms with Crippen LogP contribution in [0.25, 0.3) is 0 Å². The molecule has 1 aliphatic rings. The van der Waals surface area contributed by atoms with E-state index in [0.29, 0.717) is 12.8 Å². The monoisotopic (exact) mass is 379 g/mol. The van der Waals surface area contributed by atoms with Crippen LogP contribution < -0.4 is 10.1 Å². The summed E-state index contributed by atoms with van der Waals surface area (Å²) >= 11 is 0. The van der Waals surface area contributed by atoms with E-state index in [1.54, 1.807) is 0 Å². The van der Waals surface area contributed by atoms with E-state index in [1.165, 1.54) is 19.2 Å². The van der Waals surface area contributed by atoms with Crippen LogP contribution in [-0.4, -0.2) is 26.2 Å². The summed E-state index contributed by atoms with van der Waals surface area (Å²) in [5.74, 6) is -0.586. The molecule has 0 saturated heterocycles. The highest BCUT2D eigenvalue weighted by Gasteiger charge is 2.51. The van der Waals surface area contributed by atoms with E-state index >= 15 is 0 Å². The molecule has 1 fully saturated rings. The second-order valence-electron chi connectivity index (χ2n) is 6.45. The number of nitrogens with one attached hydrogen (secondary N) is 1. The summed E-state index contributed by atoms with van der Waals surface area (Å²) in [5, 5.41) is 2.63. The van der Waals surface area contributed by atoms with E-state index in [0.717, 1.165) is 11.6 Å². The van der Waals surface area contributed by atoms with Gasteiger partial charge in [0.15, 0.2) is 0 Å². The lowest BCUT2D eigenvalue weighted by molar-refractivity contribution is -0.139. The van der Waals surface area contributed by atoms with Crippen LogP contribution in [-0.2, 0) is 21.1 Å². The highest BCUT2D eigenvalue weighted by Crippen LogP contribution is 2.49. The van der Waals surface area contributed by atoms with Crippen molar-refractivity contribution in [1.82, 2.24) is 0 Å². The lowest BCUT2D eigenvalue weighted by atomic mass is 9.95. The third-order valence-corrected chi connectivity index (χ3v) is 4.60. The lowest BCUT2D eigenvalue weighted by Crippen LogP contribution is -2.28. The molecule has 2 aromatic rings. The number of benzene rings is 2. The van der Waals surface area contributed by atoms with E-state index in [-0.39, 0.29) is 30.6 Å². The van der Waals surface area contributed by atoms with Gasteiger partial charge in [-0.05, 0) is 36.6 Å². The van der Waals surface area contributed by atoms with E-state index in [4.69, 9.17) is 9.47 Å². The summed E-state index contributed by atoms with van der Waals surface area (Å²) < 4.78 is 50.0. The average molecular weight is 379 g/mol. The number of alkyl halides is 3. The van der Waals surface area contributed by atoms with Gasteiger partial charge in [0, 0.05) is 12.8 Å². The van der Waals surface area contributed by atoms with Crippen molar-refractivity contribution < 1.29 is 27.4 Å². The minimum atomic E-state index is -4.60. The Morgan fingerprint density at radius 3 is 2.41 bits per heavy atom. The Labute approximate surface area is 155 Å². The number of hydrogen-bond donors (Lipinski definition) is 1. The number of methoxy groups -OCH3 is 1. The minimum absolute atomic E-state index is 0.00238. The van der Waals surface area contributed by atoms with Crippen LogP contribution in [0, 0.1) is 0 Å². The number of amides is 1. The van der Waals surface area contributed by atoms with E-state index < -0.39 is 17.2 Å². The third-order valence-electron chi connectivity index (χ3n) is 4.60. The molecule has 1 N–H and O–H groups in total. The van der Waals surface area contributed by atoms with Crippen molar-refractivity contribution in [3.05, 3.63) is 59.7 Å². The highest BCUT2D eigenvalue weighted by molar-refractivity contribution is 6.01. The van der Waals surface area contributed by atoms with Crippen LogP contribution in [0.2, 0.25) is 0 Å². The molecule has 0 aliphatic heterocycles. The smallest absolute Gasteiger partial charge is 0.420 e. The van der Waals surface area contributed by atoms with Gasteiger partial charge in [-0.25, -0.2) is 0 Å². The number of anilines is 1. The Morgan fingerprint density at radius 2 is 1.81 bits per heavy atom. The van der Waals surface area contributed by atoms with Crippen LogP contribution in [0.1, 0.15) is 24.0 Å². The van der Waals surface area contributed by atoms with Gasteiger partial charge in [-0.1, -0.05) is 30.3 Å². The maximum absolute atomic E-state index is 13.4. The van der Waals surface area contributed by atoms with Crippen molar-refractivity contribution in [2.24, 2.45) is 0 Å². The maximum Gasteiger partial charge on any atom is 0.420 e. The summed E-state index contributed by atoms with van der Waals surface area (Å²) in [6, 6.07) is 12.8. The van der Waals surface area contributed by atoms with E-state index in [9.17, 15) is 18.0 Å². The molecule has 1 amide bonds. The first-order chi connectivity index (χ1) is 12.9. The molecule has 27 heavy (non-hydrogen) atoms. The molecule has 0 aromatic heterocycles. The van der Waals surface area contributed by atoms with E-state index in [2.05, 4.69) is 5.32 Å². The molecule has 0 unspecified atom stereocenters. The molecule has 0 heterocycles. The molecule has 4 nitrogen and oxygen atoms in total. The maximum atomic E-state index is 13.4. The van der Waals surface area contributed by atoms with Gasteiger partial charge < -0.3 is 14.8 Å². The number of ether oxygens (including phenoxy) is 2. The Hall–Kier alpha value is -2.54. The van der Waals surface area contributed by atoms with Crippen molar-refractivity contribution in [3.63, 3.8) is 0 Å². The van der Waals surface area contributed by atoms with Crippen LogP contribution >= 0.6 is 0 Å². The van der Waals surface area contributed by atoms with Gasteiger partial charge in [0.2, 0.25) is 5.91 Å². The van der Waals surface area contributed by atoms with Crippen LogP contribution in [0.4, 0.5) is 18.9 Å². The summed E-state index contributed by atoms with van der Waals surface area (Å²) in [4.78, 5) is 12.7. The Kier molecular flexibility index (Phi) is 5.41. The molecule has 1 saturated carbocycles. The Bertz CT molecular complexity index is 802. The average Bonchev–Trinajstić information content (AvgIpc) is 3.45. The molecule has 0 atom stereocenters. The molecule has 1 aliphatic carbocycles. The Balaban J connectivity index is 1.80. The van der Waals surface area contributed by atoms with Crippen molar-refractivity contribution in [2.45, 2.75) is 24.4 Å². The molecule has 0 spiro atoms. The molecular weight excluding hydrogens is 359 g/mol. The normalized spacial score (nSPS) is 15.3. The third kappa shape index (κ3) is 4.24. The second kappa shape index (κ2) is 7.60. The predicted molar refractivity (Wildman–Crippen MR) is 94.8 cm³/mol. The fourth-order valence-corrected chi connectivity index (χ4v) is 2.97. The zero-order valence-electron chi connectivity index (χ0n) is 14.8. The Morgan fingerprint density at radius 1 is 1.11 bits per heavy atom. The van der Waals surface area contributed by atoms with Gasteiger partial charge in [-0.15, -0.1) is 0 Å². The fraction of sp³-hybridized carbons (Fsp3) is 0.350. The van der Waals surface area contributed by atoms with Crippen LogP contribution in [0.15, 0.2) is 48.5 Å². The summed E-state index contributed by atoms with van der Waals surface area (Å²) in [7, 11) is 1.44. The van der Waals surface area contributed by atoms with Crippen LogP contribution in [0.5, 0.6) is 5.75 Å². The molecule has 7 heteroatoms. The van der Waals surface area contributed by atoms with Gasteiger partial charge in [0.1, 0.15) is 12.4 Å². The number of halogens is 3. The molecule has 0 bridgehead atoms. The molecule has 2 aromatic carbocycles. The quantitative estimate of drug-likeness (QED) is 0.726. The van der Waals surface area contributed by atoms with Gasteiger partial charge in [0.05, 0.1) is 17.6 Å². The summed E-state index contributed by atoms with van der Waals surface area (Å²) in [6.07, 6.45) is -3.25. The van der Waals surface area contributed by atoms with Crippen molar-refractivity contribution in [2.75, 3.05) is 25.6 Å².